The zero-order valence-electron chi connectivity index (χ0n) is 13.7. The molecule has 0 aliphatic carbocycles. The van der Waals surface area contributed by atoms with Crippen LogP contribution in [0.25, 0.3) is 11.3 Å². The molecule has 124 valence electrons. The number of fused-ring (bicyclic) bond motifs is 1. The number of ether oxygens (including phenoxy) is 2. The smallest absolute Gasteiger partial charge is 0.231 e. The van der Waals surface area contributed by atoms with Crippen LogP contribution in [0.4, 0.5) is 0 Å². The molecule has 0 N–H and O–H groups in total. The SMILES string of the molecule is Cc1cc2c(cc1-c1cn(C(C)CCc3ccco3)nn1)OCO2. The predicted molar refractivity (Wildman–Crippen MR) is 88.1 cm³/mol. The summed E-state index contributed by atoms with van der Waals surface area (Å²) in [5.74, 6) is 2.54. The molecular formula is C18H19N3O3. The summed E-state index contributed by atoms with van der Waals surface area (Å²) >= 11 is 0. The van der Waals surface area contributed by atoms with E-state index >= 15 is 0 Å². The lowest BCUT2D eigenvalue weighted by molar-refractivity contribution is 0.174. The third-order valence-electron chi connectivity index (χ3n) is 4.35. The summed E-state index contributed by atoms with van der Waals surface area (Å²) in [6.07, 6.45) is 5.51. The first-order chi connectivity index (χ1) is 11.7. The van der Waals surface area contributed by atoms with Crippen molar-refractivity contribution in [3.8, 4) is 22.8 Å². The third kappa shape index (κ3) is 2.75. The summed E-state index contributed by atoms with van der Waals surface area (Å²) in [7, 11) is 0. The Morgan fingerprint density at radius 1 is 1.25 bits per heavy atom. The first-order valence-electron chi connectivity index (χ1n) is 8.05. The van der Waals surface area contributed by atoms with E-state index in [4.69, 9.17) is 13.9 Å². The van der Waals surface area contributed by atoms with Crippen LogP contribution in [0.5, 0.6) is 11.5 Å². The molecule has 0 spiro atoms. The fourth-order valence-corrected chi connectivity index (χ4v) is 2.87. The van der Waals surface area contributed by atoms with Crippen LogP contribution in [0.3, 0.4) is 0 Å². The van der Waals surface area contributed by atoms with Crippen molar-refractivity contribution < 1.29 is 13.9 Å². The Kier molecular flexibility index (Phi) is 3.72. The van der Waals surface area contributed by atoms with Gasteiger partial charge in [-0.2, -0.15) is 0 Å². The summed E-state index contributed by atoms with van der Waals surface area (Å²) in [5, 5.41) is 8.62. The predicted octanol–water partition coefficient (Wildman–Crippen LogP) is 3.77. The van der Waals surface area contributed by atoms with Gasteiger partial charge in [0.2, 0.25) is 6.79 Å². The van der Waals surface area contributed by atoms with E-state index in [-0.39, 0.29) is 12.8 Å². The molecule has 0 fully saturated rings. The highest BCUT2D eigenvalue weighted by atomic mass is 16.7. The van der Waals surface area contributed by atoms with Gasteiger partial charge in [-0.25, -0.2) is 4.68 Å². The van der Waals surface area contributed by atoms with Gasteiger partial charge in [-0.05, 0) is 50.1 Å². The van der Waals surface area contributed by atoms with Gasteiger partial charge in [0.25, 0.3) is 0 Å². The molecule has 0 radical (unpaired) electrons. The van der Waals surface area contributed by atoms with E-state index < -0.39 is 0 Å². The fraction of sp³-hybridized carbons (Fsp3) is 0.333. The highest BCUT2D eigenvalue weighted by Gasteiger charge is 2.18. The van der Waals surface area contributed by atoms with Gasteiger partial charge in [0.15, 0.2) is 11.5 Å². The molecule has 3 heterocycles. The van der Waals surface area contributed by atoms with Crippen molar-refractivity contribution in [2.45, 2.75) is 32.7 Å². The maximum absolute atomic E-state index is 5.46. The fourth-order valence-electron chi connectivity index (χ4n) is 2.87. The molecule has 6 heteroatoms. The molecule has 2 aromatic heterocycles. The van der Waals surface area contributed by atoms with Crippen LogP contribution >= 0.6 is 0 Å². The van der Waals surface area contributed by atoms with Crippen molar-refractivity contribution in [1.29, 1.82) is 0 Å². The number of nitrogens with zero attached hydrogens (tertiary/aromatic N) is 3. The van der Waals surface area contributed by atoms with Crippen molar-refractivity contribution in [2.24, 2.45) is 0 Å². The molecule has 6 nitrogen and oxygen atoms in total. The zero-order valence-corrected chi connectivity index (χ0v) is 13.7. The zero-order chi connectivity index (χ0) is 16.5. The monoisotopic (exact) mass is 325 g/mol. The first-order valence-corrected chi connectivity index (χ1v) is 8.05. The van der Waals surface area contributed by atoms with Gasteiger partial charge in [-0.3, -0.25) is 0 Å². The Bertz CT molecular complexity index is 839. The van der Waals surface area contributed by atoms with Gasteiger partial charge in [-0.15, -0.1) is 5.10 Å². The van der Waals surface area contributed by atoms with E-state index in [0.29, 0.717) is 0 Å². The van der Waals surface area contributed by atoms with E-state index in [0.717, 1.165) is 46.9 Å². The second kappa shape index (κ2) is 6.03. The first kappa shape index (κ1) is 14.8. The van der Waals surface area contributed by atoms with Crippen molar-refractivity contribution in [3.63, 3.8) is 0 Å². The molecule has 0 bridgehead atoms. The number of aromatic nitrogens is 3. The summed E-state index contributed by atoms with van der Waals surface area (Å²) in [6, 6.07) is 8.10. The summed E-state index contributed by atoms with van der Waals surface area (Å²) in [5.41, 5.74) is 2.95. The average molecular weight is 325 g/mol. The Morgan fingerprint density at radius 2 is 2.08 bits per heavy atom. The number of furan rings is 1. The number of benzene rings is 1. The second-order valence-electron chi connectivity index (χ2n) is 6.07. The van der Waals surface area contributed by atoms with Gasteiger partial charge < -0.3 is 13.9 Å². The minimum atomic E-state index is 0.241. The molecule has 3 aromatic rings. The van der Waals surface area contributed by atoms with Crippen molar-refractivity contribution >= 4 is 0 Å². The van der Waals surface area contributed by atoms with Gasteiger partial charge in [0.05, 0.1) is 18.5 Å². The van der Waals surface area contributed by atoms with Crippen molar-refractivity contribution in [3.05, 3.63) is 48.0 Å². The molecule has 1 atom stereocenters. The molecule has 0 saturated carbocycles. The maximum Gasteiger partial charge on any atom is 0.231 e. The van der Waals surface area contributed by atoms with E-state index in [1.807, 2.05) is 42.1 Å². The summed E-state index contributed by atoms with van der Waals surface area (Å²) in [4.78, 5) is 0. The van der Waals surface area contributed by atoms with E-state index in [1.165, 1.54) is 0 Å². The third-order valence-corrected chi connectivity index (χ3v) is 4.35. The van der Waals surface area contributed by atoms with E-state index in [9.17, 15) is 0 Å². The topological polar surface area (TPSA) is 62.3 Å². The van der Waals surface area contributed by atoms with Crippen LogP contribution in [0.15, 0.2) is 41.1 Å². The lowest BCUT2D eigenvalue weighted by Crippen LogP contribution is -2.07. The lowest BCUT2D eigenvalue weighted by atomic mass is 10.1. The normalized spacial score (nSPS) is 14.1. The summed E-state index contributed by atoms with van der Waals surface area (Å²) < 4.78 is 18.2. The molecule has 1 aromatic carbocycles. The highest BCUT2D eigenvalue weighted by molar-refractivity contribution is 5.67. The van der Waals surface area contributed by atoms with Crippen molar-refractivity contribution in [1.82, 2.24) is 15.0 Å². The minimum absolute atomic E-state index is 0.241. The van der Waals surface area contributed by atoms with Gasteiger partial charge in [0.1, 0.15) is 11.5 Å². The Hall–Kier alpha value is -2.76. The number of aryl methyl sites for hydroxylation is 2. The molecule has 24 heavy (non-hydrogen) atoms. The van der Waals surface area contributed by atoms with Crippen LogP contribution < -0.4 is 9.47 Å². The number of hydrogen-bond acceptors (Lipinski definition) is 5. The Labute approximate surface area is 140 Å². The molecule has 0 saturated heterocycles. The molecule has 1 aliphatic heterocycles. The highest BCUT2D eigenvalue weighted by Crippen LogP contribution is 2.37. The Morgan fingerprint density at radius 3 is 2.88 bits per heavy atom. The molecule has 1 aliphatic rings. The Balaban J connectivity index is 1.52. The maximum atomic E-state index is 5.46. The largest absolute Gasteiger partial charge is 0.469 e. The van der Waals surface area contributed by atoms with Crippen LogP contribution in [0, 0.1) is 6.92 Å². The van der Waals surface area contributed by atoms with Crippen molar-refractivity contribution in [2.75, 3.05) is 6.79 Å². The average Bonchev–Trinajstić information content (AvgIpc) is 3.32. The number of hydrogen-bond donors (Lipinski definition) is 0. The van der Waals surface area contributed by atoms with Crippen LogP contribution in [-0.2, 0) is 6.42 Å². The quantitative estimate of drug-likeness (QED) is 0.714. The van der Waals surface area contributed by atoms with E-state index in [2.05, 4.69) is 17.2 Å². The second-order valence-corrected chi connectivity index (χ2v) is 6.07. The minimum Gasteiger partial charge on any atom is -0.469 e. The van der Waals surface area contributed by atoms with Gasteiger partial charge >= 0.3 is 0 Å². The number of rotatable bonds is 5. The van der Waals surface area contributed by atoms with Gasteiger partial charge in [-0.1, -0.05) is 5.21 Å². The molecular weight excluding hydrogens is 306 g/mol. The van der Waals surface area contributed by atoms with Gasteiger partial charge in [0, 0.05) is 12.0 Å². The lowest BCUT2D eigenvalue weighted by Gasteiger charge is -2.09. The molecule has 1 unspecified atom stereocenters. The standard InChI is InChI=1S/C18H19N3O3/c1-12-8-17-18(24-11-23-17)9-15(12)16-10-21(20-19-16)13(2)5-6-14-4-3-7-22-14/h3-4,7-10,13H,5-6,11H2,1-2H3. The van der Waals surface area contributed by atoms with E-state index in [1.54, 1.807) is 6.26 Å². The molecule has 4 rings (SSSR count). The summed E-state index contributed by atoms with van der Waals surface area (Å²) in [6.45, 7) is 4.44. The van der Waals surface area contributed by atoms with Crippen LogP contribution in [-0.4, -0.2) is 21.8 Å². The van der Waals surface area contributed by atoms with Crippen LogP contribution in [0.1, 0.15) is 30.7 Å². The van der Waals surface area contributed by atoms with Crippen LogP contribution in [0.2, 0.25) is 0 Å². The molecule has 0 amide bonds.